The molecular formula is C10H11ClF3N. The van der Waals surface area contributed by atoms with Crippen molar-refractivity contribution >= 4 is 11.6 Å². The van der Waals surface area contributed by atoms with Gasteiger partial charge in [0, 0.05) is 5.02 Å². The first-order valence-corrected chi connectivity index (χ1v) is 4.81. The number of hydrogen-bond donors (Lipinski definition) is 1. The number of alkyl halides is 2. The second kappa shape index (κ2) is 5.37. The standard InChI is InChI=1S/C10H11ClF3N/c1-15-9(10(13)14)4-6-2-3-7(12)5-8(6)11/h2-3,5,9-10,15H,4H2,1H3. The molecule has 84 valence electrons. The molecule has 1 atom stereocenters. The van der Waals surface area contributed by atoms with E-state index in [4.69, 9.17) is 11.6 Å². The van der Waals surface area contributed by atoms with Crippen molar-refractivity contribution in [2.75, 3.05) is 7.05 Å². The Labute approximate surface area is 91.2 Å². The van der Waals surface area contributed by atoms with Crippen molar-refractivity contribution in [2.24, 2.45) is 0 Å². The minimum Gasteiger partial charge on any atom is -0.312 e. The lowest BCUT2D eigenvalue weighted by molar-refractivity contribution is 0.102. The summed E-state index contributed by atoms with van der Waals surface area (Å²) in [5.41, 5.74) is 0.512. The van der Waals surface area contributed by atoms with Gasteiger partial charge in [-0.05, 0) is 31.2 Å². The molecule has 0 aliphatic carbocycles. The number of rotatable bonds is 4. The predicted molar refractivity (Wildman–Crippen MR) is 54.0 cm³/mol. The van der Waals surface area contributed by atoms with E-state index < -0.39 is 18.3 Å². The van der Waals surface area contributed by atoms with Crippen molar-refractivity contribution in [3.63, 3.8) is 0 Å². The van der Waals surface area contributed by atoms with Gasteiger partial charge in [-0.25, -0.2) is 13.2 Å². The van der Waals surface area contributed by atoms with Crippen molar-refractivity contribution in [2.45, 2.75) is 18.9 Å². The van der Waals surface area contributed by atoms with Crippen molar-refractivity contribution in [3.05, 3.63) is 34.6 Å². The summed E-state index contributed by atoms with van der Waals surface area (Å²) in [5, 5.41) is 2.67. The number of likely N-dealkylation sites (N-methyl/N-ethyl adjacent to an activating group) is 1. The Bertz CT molecular complexity index is 330. The van der Waals surface area contributed by atoms with Crippen LogP contribution in [0.2, 0.25) is 5.02 Å². The van der Waals surface area contributed by atoms with Crippen molar-refractivity contribution in [1.82, 2.24) is 5.32 Å². The smallest absolute Gasteiger partial charge is 0.254 e. The quantitative estimate of drug-likeness (QED) is 0.849. The van der Waals surface area contributed by atoms with Crippen LogP contribution in [-0.2, 0) is 6.42 Å². The van der Waals surface area contributed by atoms with Crippen LogP contribution in [0.3, 0.4) is 0 Å². The molecule has 0 bridgehead atoms. The van der Waals surface area contributed by atoms with Gasteiger partial charge >= 0.3 is 0 Å². The SMILES string of the molecule is CNC(Cc1ccc(F)cc1Cl)C(F)F. The van der Waals surface area contributed by atoms with Gasteiger partial charge in [-0.15, -0.1) is 0 Å². The number of hydrogen-bond acceptors (Lipinski definition) is 1. The summed E-state index contributed by atoms with van der Waals surface area (Å²) in [7, 11) is 1.45. The molecule has 0 aliphatic heterocycles. The van der Waals surface area contributed by atoms with Crippen LogP contribution in [0.1, 0.15) is 5.56 Å². The second-order valence-corrected chi connectivity index (χ2v) is 3.58. The van der Waals surface area contributed by atoms with Gasteiger partial charge in [0.15, 0.2) is 0 Å². The highest BCUT2D eigenvalue weighted by atomic mass is 35.5. The largest absolute Gasteiger partial charge is 0.312 e. The number of benzene rings is 1. The molecule has 15 heavy (non-hydrogen) atoms. The third-order valence-electron chi connectivity index (χ3n) is 2.13. The Morgan fingerprint density at radius 1 is 1.40 bits per heavy atom. The molecule has 1 aromatic rings. The van der Waals surface area contributed by atoms with Gasteiger partial charge in [-0.3, -0.25) is 0 Å². The van der Waals surface area contributed by atoms with Crippen molar-refractivity contribution in [1.29, 1.82) is 0 Å². The summed E-state index contributed by atoms with van der Waals surface area (Å²) in [6, 6.07) is 2.78. The first-order chi connectivity index (χ1) is 7.04. The van der Waals surface area contributed by atoms with E-state index in [9.17, 15) is 13.2 Å². The molecule has 0 aromatic heterocycles. The van der Waals surface area contributed by atoms with E-state index in [2.05, 4.69) is 5.32 Å². The molecule has 1 rings (SSSR count). The zero-order valence-electron chi connectivity index (χ0n) is 8.11. The highest BCUT2D eigenvalue weighted by Crippen LogP contribution is 2.20. The van der Waals surface area contributed by atoms with Crippen molar-refractivity contribution < 1.29 is 13.2 Å². The van der Waals surface area contributed by atoms with Crippen LogP contribution in [-0.4, -0.2) is 19.5 Å². The van der Waals surface area contributed by atoms with Crippen LogP contribution in [0, 0.1) is 5.82 Å². The van der Waals surface area contributed by atoms with Gasteiger partial charge in [0.1, 0.15) is 5.82 Å². The minimum absolute atomic E-state index is 0.0767. The zero-order chi connectivity index (χ0) is 11.4. The molecule has 1 unspecified atom stereocenters. The van der Waals surface area contributed by atoms with E-state index in [0.29, 0.717) is 5.56 Å². The molecule has 0 spiro atoms. The first kappa shape index (κ1) is 12.3. The Hall–Kier alpha value is -0.740. The summed E-state index contributed by atoms with van der Waals surface area (Å²) in [5.74, 6) is -0.471. The lowest BCUT2D eigenvalue weighted by Gasteiger charge is -2.15. The maximum absolute atomic E-state index is 12.7. The number of nitrogens with one attached hydrogen (secondary N) is 1. The molecule has 0 aliphatic rings. The maximum Gasteiger partial charge on any atom is 0.254 e. The summed E-state index contributed by atoms with van der Waals surface area (Å²) in [6.07, 6.45) is -2.40. The van der Waals surface area contributed by atoms with E-state index in [1.54, 1.807) is 0 Å². The number of halogens is 4. The van der Waals surface area contributed by atoms with Gasteiger partial charge in [-0.1, -0.05) is 17.7 Å². The van der Waals surface area contributed by atoms with Gasteiger partial charge in [0.05, 0.1) is 6.04 Å². The lowest BCUT2D eigenvalue weighted by Crippen LogP contribution is -2.34. The highest BCUT2D eigenvalue weighted by molar-refractivity contribution is 6.31. The molecule has 0 saturated carbocycles. The summed E-state index contributed by atoms with van der Waals surface area (Å²) >= 11 is 5.72. The normalized spacial score (nSPS) is 13.2. The Morgan fingerprint density at radius 2 is 2.07 bits per heavy atom. The molecule has 5 heteroatoms. The van der Waals surface area contributed by atoms with E-state index in [1.807, 2.05) is 0 Å². The van der Waals surface area contributed by atoms with E-state index in [-0.39, 0.29) is 11.4 Å². The minimum atomic E-state index is -2.48. The molecule has 1 nitrogen and oxygen atoms in total. The van der Waals surface area contributed by atoms with Crippen molar-refractivity contribution in [3.8, 4) is 0 Å². The third-order valence-corrected chi connectivity index (χ3v) is 2.48. The summed E-state index contributed by atoms with van der Waals surface area (Å²) in [4.78, 5) is 0. The Kier molecular flexibility index (Phi) is 4.42. The molecule has 0 radical (unpaired) electrons. The van der Waals surface area contributed by atoms with Gasteiger partial charge < -0.3 is 5.32 Å². The van der Waals surface area contributed by atoms with Crippen LogP contribution in [0.25, 0.3) is 0 Å². The fraction of sp³-hybridized carbons (Fsp3) is 0.400. The average Bonchev–Trinajstić information content (AvgIpc) is 2.16. The Morgan fingerprint density at radius 3 is 2.53 bits per heavy atom. The van der Waals surface area contributed by atoms with Crippen LogP contribution in [0.15, 0.2) is 18.2 Å². The van der Waals surface area contributed by atoms with Crippen LogP contribution < -0.4 is 5.32 Å². The molecular weight excluding hydrogens is 227 g/mol. The summed E-state index contributed by atoms with van der Waals surface area (Å²) in [6.45, 7) is 0. The highest BCUT2D eigenvalue weighted by Gasteiger charge is 2.19. The van der Waals surface area contributed by atoms with E-state index in [1.165, 1.54) is 19.2 Å². The fourth-order valence-electron chi connectivity index (χ4n) is 1.24. The monoisotopic (exact) mass is 237 g/mol. The maximum atomic E-state index is 12.7. The lowest BCUT2D eigenvalue weighted by atomic mass is 10.1. The van der Waals surface area contributed by atoms with Crippen LogP contribution in [0.5, 0.6) is 0 Å². The van der Waals surface area contributed by atoms with Gasteiger partial charge in [-0.2, -0.15) is 0 Å². The van der Waals surface area contributed by atoms with Crippen LogP contribution in [0.4, 0.5) is 13.2 Å². The third kappa shape index (κ3) is 3.39. The molecule has 0 heterocycles. The summed E-state index contributed by atoms with van der Waals surface area (Å²) < 4.78 is 37.5. The van der Waals surface area contributed by atoms with Gasteiger partial charge in [0.25, 0.3) is 6.43 Å². The van der Waals surface area contributed by atoms with Crippen LogP contribution >= 0.6 is 11.6 Å². The van der Waals surface area contributed by atoms with E-state index >= 15 is 0 Å². The molecule has 0 fully saturated rings. The molecule has 0 saturated heterocycles. The Balaban J connectivity index is 2.79. The average molecular weight is 238 g/mol. The van der Waals surface area contributed by atoms with Gasteiger partial charge in [0.2, 0.25) is 0 Å². The fourth-order valence-corrected chi connectivity index (χ4v) is 1.49. The molecule has 0 amide bonds. The zero-order valence-corrected chi connectivity index (χ0v) is 8.86. The predicted octanol–water partition coefficient (Wildman–Crippen LogP) is 2.87. The first-order valence-electron chi connectivity index (χ1n) is 4.44. The second-order valence-electron chi connectivity index (χ2n) is 3.17. The molecule has 1 N–H and O–H groups in total. The molecule has 1 aromatic carbocycles. The topological polar surface area (TPSA) is 12.0 Å². The van der Waals surface area contributed by atoms with E-state index in [0.717, 1.165) is 6.07 Å².